The molecule has 19 heavy (non-hydrogen) atoms. The molecule has 0 bridgehead atoms. The molecule has 1 atom stereocenters. The van der Waals surface area contributed by atoms with Crippen LogP contribution in [-0.4, -0.2) is 27.5 Å². The van der Waals surface area contributed by atoms with Gasteiger partial charge in [0.25, 0.3) is 0 Å². The zero-order valence-electron chi connectivity index (χ0n) is 10.7. The largest absolute Gasteiger partial charge is 0.333 e. The Morgan fingerprint density at radius 1 is 1.26 bits per heavy atom. The van der Waals surface area contributed by atoms with E-state index in [0.29, 0.717) is 0 Å². The molecule has 0 amide bonds. The number of imidazole rings is 1. The predicted octanol–water partition coefficient (Wildman–Crippen LogP) is 2.01. The van der Waals surface area contributed by atoms with Crippen LogP contribution in [0.2, 0.25) is 0 Å². The first-order chi connectivity index (χ1) is 9.36. The highest BCUT2D eigenvalue weighted by Gasteiger charge is 2.20. The van der Waals surface area contributed by atoms with Crippen molar-refractivity contribution in [1.29, 1.82) is 5.26 Å². The average Bonchev–Trinajstić information content (AvgIpc) is 2.93. The summed E-state index contributed by atoms with van der Waals surface area (Å²) in [6.07, 6.45) is 3.86. The van der Waals surface area contributed by atoms with E-state index in [4.69, 9.17) is 0 Å². The summed E-state index contributed by atoms with van der Waals surface area (Å²) in [5.74, 6) is 1.03. The van der Waals surface area contributed by atoms with Gasteiger partial charge in [-0.25, -0.2) is 4.98 Å². The van der Waals surface area contributed by atoms with E-state index in [2.05, 4.69) is 20.5 Å². The number of hydrogen-bond acceptors (Lipinski definition) is 3. The lowest BCUT2D eigenvalue weighted by atomic mass is 10.00. The van der Waals surface area contributed by atoms with Crippen LogP contribution in [0.25, 0.3) is 0 Å². The molecule has 0 fully saturated rings. The number of benzene rings is 1. The molecule has 96 valence electrons. The predicted molar refractivity (Wildman–Crippen MR) is 72.3 cm³/mol. The first kappa shape index (κ1) is 11.9. The van der Waals surface area contributed by atoms with Gasteiger partial charge in [-0.05, 0) is 5.56 Å². The second-order valence-electron chi connectivity index (χ2n) is 4.86. The van der Waals surface area contributed by atoms with Crippen molar-refractivity contribution in [3.05, 3.63) is 54.1 Å². The fraction of sp³-hybridized carbons (Fsp3) is 0.333. The highest BCUT2D eigenvalue weighted by Crippen LogP contribution is 2.19. The summed E-state index contributed by atoms with van der Waals surface area (Å²) < 4.78 is 2.18. The lowest BCUT2D eigenvalue weighted by molar-refractivity contribution is 0.213. The van der Waals surface area contributed by atoms with Crippen molar-refractivity contribution in [3.63, 3.8) is 0 Å². The minimum absolute atomic E-state index is 0.0669. The molecule has 1 aromatic carbocycles. The SMILES string of the molecule is N#CC(CN1CCn2ccnc2C1)c1ccccc1. The third-order valence-corrected chi connectivity index (χ3v) is 3.62. The fourth-order valence-corrected chi connectivity index (χ4v) is 2.54. The Morgan fingerprint density at radius 3 is 2.89 bits per heavy atom. The van der Waals surface area contributed by atoms with Gasteiger partial charge in [0.15, 0.2) is 0 Å². The fourth-order valence-electron chi connectivity index (χ4n) is 2.54. The van der Waals surface area contributed by atoms with Gasteiger partial charge in [-0.15, -0.1) is 0 Å². The monoisotopic (exact) mass is 252 g/mol. The Morgan fingerprint density at radius 2 is 2.11 bits per heavy atom. The van der Waals surface area contributed by atoms with Crippen molar-refractivity contribution in [2.24, 2.45) is 0 Å². The van der Waals surface area contributed by atoms with Gasteiger partial charge < -0.3 is 4.57 Å². The number of nitriles is 1. The summed E-state index contributed by atoms with van der Waals surface area (Å²) in [7, 11) is 0. The van der Waals surface area contributed by atoms with Crippen LogP contribution >= 0.6 is 0 Å². The molecule has 2 heterocycles. The van der Waals surface area contributed by atoms with Crippen molar-refractivity contribution >= 4 is 0 Å². The maximum atomic E-state index is 9.37. The lowest BCUT2D eigenvalue weighted by Crippen LogP contribution is -2.36. The molecule has 0 saturated heterocycles. The van der Waals surface area contributed by atoms with E-state index < -0.39 is 0 Å². The Kier molecular flexibility index (Phi) is 3.30. The quantitative estimate of drug-likeness (QED) is 0.839. The summed E-state index contributed by atoms with van der Waals surface area (Å²) in [6, 6.07) is 12.4. The molecule has 2 aromatic rings. The van der Waals surface area contributed by atoms with E-state index >= 15 is 0 Å². The number of hydrogen-bond donors (Lipinski definition) is 0. The van der Waals surface area contributed by atoms with Crippen molar-refractivity contribution in [1.82, 2.24) is 14.5 Å². The third kappa shape index (κ3) is 2.51. The van der Waals surface area contributed by atoms with Crippen molar-refractivity contribution in [3.8, 4) is 6.07 Å². The number of aromatic nitrogens is 2. The van der Waals surface area contributed by atoms with E-state index in [1.165, 1.54) is 0 Å². The molecule has 0 aliphatic carbocycles. The molecule has 0 spiro atoms. The minimum atomic E-state index is -0.0669. The molecular formula is C15H16N4. The van der Waals surface area contributed by atoms with E-state index in [1.807, 2.05) is 42.7 Å². The van der Waals surface area contributed by atoms with E-state index in [-0.39, 0.29) is 5.92 Å². The summed E-state index contributed by atoms with van der Waals surface area (Å²) in [5.41, 5.74) is 1.10. The second-order valence-corrected chi connectivity index (χ2v) is 4.86. The Hall–Kier alpha value is -2.12. The highest BCUT2D eigenvalue weighted by molar-refractivity contribution is 5.25. The molecule has 1 aliphatic heterocycles. The van der Waals surface area contributed by atoms with Crippen LogP contribution in [0.3, 0.4) is 0 Å². The molecule has 4 nitrogen and oxygen atoms in total. The molecule has 1 unspecified atom stereocenters. The average molecular weight is 252 g/mol. The van der Waals surface area contributed by atoms with Gasteiger partial charge >= 0.3 is 0 Å². The third-order valence-electron chi connectivity index (χ3n) is 3.62. The molecule has 0 radical (unpaired) electrons. The van der Waals surface area contributed by atoms with Gasteiger partial charge in [0.05, 0.1) is 18.5 Å². The lowest BCUT2D eigenvalue weighted by Gasteiger charge is -2.29. The molecule has 0 N–H and O–H groups in total. The van der Waals surface area contributed by atoms with Crippen LogP contribution in [0.5, 0.6) is 0 Å². The molecule has 0 saturated carbocycles. The van der Waals surface area contributed by atoms with Gasteiger partial charge in [0.1, 0.15) is 5.82 Å². The highest BCUT2D eigenvalue weighted by atomic mass is 15.2. The summed E-state index contributed by atoms with van der Waals surface area (Å²) in [4.78, 5) is 6.66. The van der Waals surface area contributed by atoms with Gasteiger partial charge in [-0.2, -0.15) is 5.26 Å². The van der Waals surface area contributed by atoms with Crippen molar-refractivity contribution < 1.29 is 0 Å². The molecule has 4 heteroatoms. The van der Waals surface area contributed by atoms with E-state index in [0.717, 1.165) is 37.6 Å². The minimum Gasteiger partial charge on any atom is -0.333 e. The van der Waals surface area contributed by atoms with Crippen LogP contribution in [-0.2, 0) is 13.1 Å². The molecular weight excluding hydrogens is 236 g/mol. The Bertz CT molecular complexity index is 582. The topological polar surface area (TPSA) is 44.9 Å². The first-order valence-electron chi connectivity index (χ1n) is 6.54. The van der Waals surface area contributed by atoms with Crippen LogP contribution < -0.4 is 0 Å². The number of fused-ring (bicyclic) bond motifs is 1. The zero-order valence-corrected chi connectivity index (χ0v) is 10.7. The van der Waals surface area contributed by atoms with Crippen molar-refractivity contribution in [2.45, 2.75) is 19.0 Å². The van der Waals surface area contributed by atoms with Crippen LogP contribution in [0, 0.1) is 11.3 Å². The van der Waals surface area contributed by atoms with Crippen LogP contribution in [0.4, 0.5) is 0 Å². The number of rotatable bonds is 3. The summed E-state index contributed by atoms with van der Waals surface area (Å²) in [5, 5.41) is 9.37. The molecule has 3 rings (SSSR count). The van der Waals surface area contributed by atoms with Crippen LogP contribution in [0.15, 0.2) is 42.7 Å². The van der Waals surface area contributed by atoms with Gasteiger partial charge in [0.2, 0.25) is 0 Å². The zero-order chi connectivity index (χ0) is 13.1. The Labute approximate surface area is 112 Å². The summed E-state index contributed by atoms with van der Waals surface area (Å²) in [6.45, 7) is 3.54. The molecule has 1 aromatic heterocycles. The van der Waals surface area contributed by atoms with Gasteiger partial charge in [-0.1, -0.05) is 30.3 Å². The normalized spacial score (nSPS) is 16.6. The van der Waals surface area contributed by atoms with Gasteiger partial charge in [-0.3, -0.25) is 4.90 Å². The van der Waals surface area contributed by atoms with Crippen LogP contribution in [0.1, 0.15) is 17.3 Å². The summed E-state index contributed by atoms with van der Waals surface area (Å²) >= 11 is 0. The molecule has 1 aliphatic rings. The first-order valence-corrected chi connectivity index (χ1v) is 6.54. The Balaban J connectivity index is 1.70. The maximum absolute atomic E-state index is 9.37. The maximum Gasteiger partial charge on any atom is 0.122 e. The van der Waals surface area contributed by atoms with Gasteiger partial charge in [0, 0.05) is 32.0 Å². The van der Waals surface area contributed by atoms with Crippen molar-refractivity contribution in [2.75, 3.05) is 13.1 Å². The standard InChI is InChI=1S/C15H16N4/c16-10-14(13-4-2-1-3-5-13)11-18-8-9-19-7-6-17-15(19)12-18/h1-7,14H,8-9,11-12H2. The smallest absolute Gasteiger partial charge is 0.122 e. The number of nitrogens with zero attached hydrogens (tertiary/aromatic N) is 4. The van der Waals surface area contributed by atoms with E-state index in [1.54, 1.807) is 0 Å². The second kappa shape index (κ2) is 5.25. The van der Waals surface area contributed by atoms with E-state index in [9.17, 15) is 5.26 Å².